The van der Waals surface area contributed by atoms with E-state index in [4.69, 9.17) is 0 Å². The van der Waals surface area contributed by atoms with E-state index in [0.717, 1.165) is 0 Å². The lowest BCUT2D eigenvalue weighted by Crippen LogP contribution is -2.35. The van der Waals surface area contributed by atoms with Gasteiger partial charge in [-0.1, -0.05) is 0 Å². The maximum absolute atomic E-state index is 10.4. The van der Waals surface area contributed by atoms with Gasteiger partial charge in [-0.2, -0.15) is 0 Å². The lowest BCUT2D eigenvalue weighted by atomic mass is 10.4. The smallest absolute Gasteiger partial charge is 0.307 e. The molecule has 0 saturated carbocycles. The topological polar surface area (TPSA) is 56.9 Å². The molecule has 0 fully saturated rings. The average Bonchev–Trinajstić information content (AvgIpc) is 1.89. The van der Waals surface area contributed by atoms with Crippen LogP contribution >= 0.6 is 0 Å². The van der Waals surface area contributed by atoms with Gasteiger partial charge >= 0.3 is 6.29 Å². The molecule has 1 rings (SSSR count). The predicted molar refractivity (Wildman–Crippen MR) is 28.0 cm³/mol. The van der Waals surface area contributed by atoms with Crippen LogP contribution in [0.1, 0.15) is 5.69 Å². The van der Waals surface area contributed by atoms with E-state index in [-0.39, 0.29) is 10.5 Å². The fourth-order valence-corrected chi connectivity index (χ4v) is 0.432. The Bertz CT molecular complexity index is 224. The van der Waals surface area contributed by atoms with Crippen LogP contribution in [0.4, 0.5) is 0 Å². The molecule has 1 aromatic heterocycles. The highest BCUT2D eigenvalue weighted by molar-refractivity contribution is 5.69. The zero-order valence-electron chi connectivity index (χ0n) is 4.44. The molecule has 0 unspecified atom stereocenters. The molecule has 0 atom stereocenters. The van der Waals surface area contributed by atoms with Crippen molar-refractivity contribution in [2.75, 3.05) is 0 Å². The predicted octanol–water partition coefficient (Wildman–Crippen LogP) is -0.827. The number of hydrogen-bond donors (Lipinski definition) is 0. The van der Waals surface area contributed by atoms with Crippen molar-refractivity contribution in [3.63, 3.8) is 0 Å². The van der Waals surface area contributed by atoms with Crippen molar-refractivity contribution < 1.29 is 9.64 Å². The number of rotatable bonds is 1. The van der Waals surface area contributed by atoms with E-state index in [1.165, 1.54) is 24.6 Å². The van der Waals surface area contributed by atoms with Gasteiger partial charge in [0.1, 0.15) is 0 Å². The summed E-state index contributed by atoms with van der Waals surface area (Å²) in [5.41, 5.74) is -0.0995. The molecule has 0 spiro atoms. The Morgan fingerprint density at radius 1 is 1.78 bits per heavy atom. The van der Waals surface area contributed by atoms with E-state index >= 15 is 0 Å². The molecular formula is C5H3N2O2. The second-order valence-corrected chi connectivity index (χ2v) is 1.38. The van der Waals surface area contributed by atoms with Crippen LogP contribution in [-0.4, -0.2) is 11.4 Å². The third kappa shape index (κ3) is 1.02. The molecule has 0 N–H and O–H groups in total. The summed E-state index contributed by atoms with van der Waals surface area (Å²) in [7, 11) is 0. The molecule has 0 aliphatic heterocycles. The van der Waals surface area contributed by atoms with Crippen molar-refractivity contribution in [3.8, 4) is 0 Å². The molecule has 9 heavy (non-hydrogen) atoms. The summed E-state index contributed by atoms with van der Waals surface area (Å²) in [6.45, 7) is 0. The van der Waals surface area contributed by atoms with Crippen LogP contribution in [0.5, 0.6) is 0 Å². The maximum atomic E-state index is 10.4. The van der Waals surface area contributed by atoms with Crippen LogP contribution in [-0.2, 0) is 4.79 Å². The summed E-state index contributed by atoms with van der Waals surface area (Å²) in [5.74, 6) is 0. The highest BCUT2D eigenvalue weighted by atomic mass is 16.5. The van der Waals surface area contributed by atoms with Gasteiger partial charge in [0.15, 0.2) is 0 Å². The van der Waals surface area contributed by atoms with Crippen molar-refractivity contribution in [2.45, 2.75) is 0 Å². The van der Waals surface area contributed by atoms with Crippen LogP contribution in [0, 0.1) is 5.21 Å². The molecule has 45 valence electrons. The Kier molecular flexibility index (Phi) is 1.40. The fraction of sp³-hybridized carbons (Fsp3) is 0. The second kappa shape index (κ2) is 2.21. The Morgan fingerprint density at radius 3 is 3.00 bits per heavy atom. The van der Waals surface area contributed by atoms with Crippen molar-refractivity contribution in [1.82, 2.24) is 5.10 Å². The molecule has 1 aromatic rings. The zero-order chi connectivity index (χ0) is 6.69. The normalized spacial score (nSPS) is 8.89. The molecule has 1 heterocycles. The Balaban J connectivity index is 3.15. The lowest BCUT2D eigenvalue weighted by Gasteiger charge is -1.89. The molecule has 1 radical (unpaired) electrons. The van der Waals surface area contributed by atoms with Gasteiger partial charge in [0.05, 0.1) is 6.20 Å². The van der Waals surface area contributed by atoms with E-state index in [9.17, 15) is 10.0 Å². The second-order valence-electron chi connectivity index (χ2n) is 1.38. The van der Waals surface area contributed by atoms with E-state index in [2.05, 4.69) is 5.10 Å². The van der Waals surface area contributed by atoms with Crippen molar-refractivity contribution >= 4 is 6.29 Å². The summed E-state index contributed by atoms with van der Waals surface area (Å²) < 4.78 is 0. The highest BCUT2D eigenvalue weighted by Crippen LogP contribution is 1.79. The molecular weight excluding hydrogens is 120 g/mol. The summed E-state index contributed by atoms with van der Waals surface area (Å²) in [6.07, 6.45) is 2.73. The summed E-state index contributed by atoms with van der Waals surface area (Å²) in [6, 6.07) is 2.83. The maximum Gasteiger partial charge on any atom is 0.307 e. The monoisotopic (exact) mass is 123 g/mol. The van der Waals surface area contributed by atoms with Crippen LogP contribution in [0.3, 0.4) is 0 Å². The van der Waals surface area contributed by atoms with E-state index in [1.807, 2.05) is 0 Å². The molecule has 0 aromatic carbocycles. The number of nitrogens with zero attached hydrogens (tertiary/aromatic N) is 2. The van der Waals surface area contributed by atoms with Gasteiger partial charge in [-0.25, -0.2) is 0 Å². The van der Waals surface area contributed by atoms with Crippen molar-refractivity contribution in [3.05, 3.63) is 29.2 Å². The molecule has 0 amide bonds. The fourth-order valence-electron chi connectivity index (χ4n) is 0.432. The van der Waals surface area contributed by atoms with Crippen molar-refractivity contribution in [2.24, 2.45) is 0 Å². The SMILES string of the molecule is O=[C]c1cccn[n+]1[O-]. The minimum atomic E-state index is -0.0995. The first-order valence-corrected chi connectivity index (χ1v) is 2.27. The van der Waals surface area contributed by atoms with Gasteiger partial charge in [-0.05, 0) is 10.9 Å². The first-order chi connectivity index (χ1) is 4.34. The summed E-state index contributed by atoms with van der Waals surface area (Å²) >= 11 is 0. The zero-order valence-corrected chi connectivity index (χ0v) is 4.44. The minimum absolute atomic E-state index is 0.0995. The van der Waals surface area contributed by atoms with Crippen molar-refractivity contribution in [1.29, 1.82) is 0 Å². The summed E-state index contributed by atoms with van der Waals surface area (Å²) in [5, 5.41) is 13.6. The minimum Gasteiger partial charge on any atom is -0.594 e. The van der Waals surface area contributed by atoms with E-state index in [1.54, 1.807) is 0 Å². The molecule has 4 heteroatoms. The number of hydrogen-bond acceptors (Lipinski definition) is 3. The van der Waals surface area contributed by atoms with Crippen LogP contribution in [0.2, 0.25) is 0 Å². The Labute approximate surface area is 51.3 Å². The first-order valence-electron chi connectivity index (χ1n) is 2.27. The Hall–Kier alpha value is -1.45. The van der Waals surface area contributed by atoms with E-state index < -0.39 is 0 Å². The van der Waals surface area contributed by atoms with Crippen LogP contribution in [0.15, 0.2) is 18.3 Å². The molecule has 4 nitrogen and oxygen atoms in total. The van der Waals surface area contributed by atoms with Gasteiger partial charge < -0.3 is 5.21 Å². The van der Waals surface area contributed by atoms with Gasteiger partial charge in [-0.3, -0.25) is 4.79 Å². The van der Waals surface area contributed by atoms with Crippen LogP contribution in [0.25, 0.3) is 0 Å². The third-order valence-electron chi connectivity index (χ3n) is 0.822. The largest absolute Gasteiger partial charge is 0.594 e. The van der Waals surface area contributed by atoms with E-state index in [0.29, 0.717) is 0 Å². The van der Waals surface area contributed by atoms with Gasteiger partial charge in [0, 0.05) is 11.2 Å². The molecule has 0 saturated heterocycles. The van der Waals surface area contributed by atoms with Gasteiger partial charge in [0.2, 0.25) is 0 Å². The number of carbonyl (C=O) groups excluding carboxylic acids is 1. The summed E-state index contributed by atoms with van der Waals surface area (Å²) in [4.78, 5) is 10.1. The standard InChI is InChI=1S/C5H3N2O2/c8-4-5-2-1-3-6-7(5)9/h1-3H. The van der Waals surface area contributed by atoms with Gasteiger partial charge in [-0.15, -0.1) is 0 Å². The molecule has 0 aliphatic carbocycles. The lowest BCUT2D eigenvalue weighted by molar-refractivity contribution is -0.670. The molecule has 0 bridgehead atoms. The van der Waals surface area contributed by atoms with Gasteiger partial charge in [0.25, 0.3) is 5.69 Å². The molecule has 0 aliphatic rings. The Morgan fingerprint density at radius 2 is 2.56 bits per heavy atom. The first kappa shape index (κ1) is 5.68. The van der Waals surface area contributed by atoms with Crippen LogP contribution < -0.4 is 4.85 Å². The highest BCUT2D eigenvalue weighted by Gasteiger charge is 2.01. The average molecular weight is 123 g/mol. The third-order valence-corrected chi connectivity index (χ3v) is 0.822. The number of aromatic nitrogens is 2. The quantitative estimate of drug-likeness (QED) is 0.362.